The smallest absolute Gasteiger partial charge is 0.119 e. The minimum absolute atomic E-state index is 0.545. The average Bonchev–Trinajstić information content (AvgIpc) is 2.82. The van der Waals surface area contributed by atoms with Gasteiger partial charge >= 0.3 is 0 Å². The molecule has 0 saturated heterocycles. The van der Waals surface area contributed by atoms with Crippen molar-refractivity contribution in [3.05, 3.63) is 40.7 Å². The SMILES string of the molecule is CNCc1cn(CCOc2ccc(Cl)c(C)c2)nn1. The summed E-state index contributed by atoms with van der Waals surface area (Å²) in [6.45, 7) is 3.88. The average molecular weight is 281 g/mol. The van der Waals surface area contributed by atoms with Gasteiger partial charge in [0.15, 0.2) is 0 Å². The van der Waals surface area contributed by atoms with Gasteiger partial charge < -0.3 is 10.1 Å². The summed E-state index contributed by atoms with van der Waals surface area (Å²) in [6.07, 6.45) is 1.91. The van der Waals surface area contributed by atoms with E-state index in [-0.39, 0.29) is 0 Å². The monoisotopic (exact) mass is 280 g/mol. The summed E-state index contributed by atoms with van der Waals surface area (Å²) in [5.41, 5.74) is 1.93. The highest BCUT2D eigenvalue weighted by atomic mass is 35.5. The van der Waals surface area contributed by atoms with Crippen LogP contribution in [0.4, 0.5) is 0 Å². The summed E-state index contributed by atoms with van der Waals surface area (Å²) in [4.78, 5) is 0. The predicted molar refractivity (Wildman–Crippen MR) is 74.5 cm³/mol. The molecular formula is C13H17ClN4O. The molecule has 0 fully saturated rings. The first-order valence-electron chi connectivity index (χ1n) is 6.11. The molecule has 5 nitrogen and oxygen atoms in total. The topological polar surface area (TPSA) is 52.0 Å². The number of nitrogens with one attached hydrogen (secondary N) is 1. The van der Waals surface area contributed by atoms with Gasteiger partial charge in [0.05, 0.1) is 12.2 Å². The third-order valence-corrected chi connectivity index (χ3v) is 3.09. The highest BCUT2D eigenvalue weighted by molar-refractivity contribution is 6.31. The van der Waals surface area contributed by atoms with Crippen molar-refractivity contribution in [1.82, 2.24) is 20.3 Å². The Morgan fingerprint density at radius 3 is 3.00 bits per heavy atom. The molecule has 1 N–H and O–H groups in total. The van der Waals surface area contributed by atoms with Crippen molar-refractivity contribution in [2.24, 2.45) is 0 Å². The second-order valence-electron chi connectivity index (χ2n) is 4.26. The lowest BCUT2D eigenvalue weighted by molar-refractivity contribution is 0.289. The van der Waals surface area contributed by atoms with E-state index in [4.69, 9.17) is 16.3 Å². The molecule has 1 heterocycles. The van der Waals surface area contributed by atoms with Crippen LogP contribution in [0.3, 0.4) is 0 Å². The van der Waals surface area contributed by atoms with E-state index in [9.17, 15) is 0 Å². The first-order valence-corrected chi connectivity index (χ1v) is 6.49. The lowest BCUT2D eigenvalue weighted by atomic mass is 10.2. The predicted octanol–water partition coefficient (Wildman–Crippen LogP) is 2.04. The maximum absolute atomic E-state index is 5.96. The first kappa shape index (κ1) is 13.8. The van der Waals surface area contributed by atoms with E-state index in [1.165, 1.54) is 0 Å². The number of hydrogen-bond donors (Lipinski definition) is 1. The molecule has 0 bridgehead atoms. The number of halogens is 1. The zero-order valence-electron chi connectivity index (χ0n) is 11.1. The Hall–Kier alpha value is -1.59. The van der Waals surface area contributed by atoms with Crippen LogP contribution in [-0.4, -0.2) is 28.6 Å². The van der Waals surface area contributed by atoms with Gasteiger partial charge in [-0.15, -0.1) is 5.10 Å². The van der Waals surface area contributed by atoms with Gasteiger partial charge in [0.2, 0.25) is 0 Å². The van der Waals surface area contributed by atoms with Crippen molar-refractivity contribution in [2.45, 2.75) is 20.0 Å². The van der Waals surface area contributed by atoms with Crippen LogP contribution in [-0.2, 0) is 13.1 Å². The highest BCUT2D eigenvalue weighted by Gasteiger charge is 2.01. The normalized spacial score (nSPS) is 10.7. The zero-order valence-corrected chi connectivity index (χ0v) is 11.8. The molecule has 19 heavy (non-hydrogen) atoms. The molecular weight excluding hydrogens is 264 g/mol. The van der Waals surface area contributed by atoms with Crippen LogP contribution in [0, 0.1) is 6.92 Å². The Labute approximate surface area is 117 Å². The van der Waals surface area contributed by atoms with Crippen LogP contribution in [0.25, 0.3) is 0 Å². The molecule has 0 radical (unpaired) electrons. The second-order valence-corrected chi connectivity index (χ2v) is 4.67. The molecule has 0 spiro atoms. The third-order valence-electron chi connectivity index (χ3n) is 2.66. The molecule has 0 aliphatic heterocycles. The number of rotatable bonds is 6. The van der Waals surface area contributed by atoms with Gasteiger partial charge in [-0.1, -0.05) is 16.8 Å². The van der Waals surface area contributed by atoms with E-state index in [0.717, 1.165) is 28.6 Å². The summed E-state index contributed by atoms with van der Waals surface area (Å²) in [6, 6.07) is 5.63. The van der Waals surface area contributed by atoms with Crippen LogP contribution in [0.15, 0.2) is 24.4 Å². The van der Waals surface area contributed by atoms with Crippen LogP contribution < -0.4 is 10.1 Å². The van der Waals surface area contributed by atoms with Gasteiger partial charge in [-0.05, 0) is 37.7 Å². The number of nitrogens with zero attached hydrogens (tertiary/aromatic N) is 3. The third kappa shape index (κ3) is 3.94. The number of benzene rings is 1. The summed E-state index contributed by atoms with van der Waals surface area (Å²) < 4.78 is 7.43. The maximum Gasteiger partial charge on any atom is 0.119 e. The molecule has 0 saturated carbocycles. The van der Waals surface area contributed by atoms with Crippen molar-refractivity contribution < 1.29 is 4.74 Å². The van der Waals surface area contributed by atoms with E-state index in [0.29, 0.717) is 13.2 Å². The second kappa shape index (κ2) is 6.54. The lowest BCUT2D eigenvalue weighted by Crippen LogP contribution is -2.09. The largest absolute Gasteiger partial charge is 0.492 e. The highest BCUT2D eigenvalue weighted by Crippen LogP contribution is 2.20. The molecule has 0 aliphatic rings. The lowest BCUT2D eigenvalue weighted by Gasteiger charge is -2.07. The quantitative estimate of drug-likeness (QED) is 0.880. The summed E-state index contributed by atoms with van der Waals surface area (Å²) in [5, 5.41) is 11.8. The van der Waals surface area contributed by atoms with Crippen LogP contribution in [0.5, 0.6) is 5.75 Å². The Kier molecular flexibility index (Phi) is 4.76. The number of ether oxygens (including phenoxy) is 1. The van der Waals surface area contributed by atoms with Crippen molar-refractivity contribution in [3.63, 3.8) is 0 Å². The Balaban J connectivity index is 1.83. The number of aryl methyl sites for hydroxylation is 1. The van der Waals surface area contributed by atoms with E-state index < -0.39 is 0 Å². The molecule has 6 heteroatoms. The molecule has 0 atom stereocenters. The van der Waals surface area contributed by atoms with Crippen molar-refractivity contribution in [3.8, 4) is 5.75 Å². The Morgan fingerprint density at radius 1 is 1.42 bits per heavy atom. The minimum Gasteiger partial charge on any atom is -0.492 e. The summed E-state index contributed by atoms with van der Waals surface area (Å²) in [5.74, 6) is 0.817. The van der Waals surface area contributed by atoms with E-state index in [1.807, 2.05) is 38.4 Å². The Bertz CT molecular complexity index is 541. The van der Waals surface area contributed by atoms with Gasteiger partial charge in [0, 0.05) is 17.8 Å². The minimum atomic E-state index is 0.545. The van der Waals surface area contributed by atoms with E-state index >= 15 is 0 Å². The zero-order chi connectivity index (χ0) is 13.7. The molecule has 1 aromatic heterocycles. The molecule has 102 valence electrons. The van der Waals surface area contributed by atoms with Crippen LogP contribution in [0.2, 0.25) is 5.02 Å². The standard InChI is InChI=1S/C13H17ClN4O/c1-10-7-12(3-4-13(10)14)19-6-5-18-9-11(8-15-2)16-17-18/h3-4,7,9,15H,5-6,8H2,1-2H3. The summed E-state index contributed by atoms with van der Waals surface area (Å²) in [7, 11) is 1.88. The fourth-order valence-corrected chi connectivity index (χ4v) is 1.79. The van der Waals surface area contributed by atoms with Gasteiger partial charge in [-0.3, -0.25) is 0 Å². The number of aromatic nitrogens is 3. The molecule has 0 aliphatic carbocycles. The number of hydrogen-bond acceptors (Lipinski definition) is 4. The fraction of sp³-hybridized carbons (Fsp3) is 0.385. The van der Waals surface area contributed by atoms with Gasteiger partial charge in [-0.2, -0.15) is 0 Å². The van der Waals surface area contributed by atoms with Crippen LogP contribution >= 0.6 is 11.6 Å². The fourth-order valence-electron chi connectivity index (χ4n) is 1.67. The van der Waals surface area contributed by atoms with Gasteiger partial charge in [0.25, 0.3) is 0 Å². The van der Waals surface area contributed by atoms with Crippen molar-refractivity contribution >= 4 is 11.6 Å². The molecule has 2 rings (SSSR count). The Morgan fingerprint density at radius 2 is 2.26 bits per heavy atom. The van der Waals surface area contributed by atoms with E-state index in [1.54, 1.807) is 4.68 Å². The van der Waals surface area contributed by atoms with Gasteiger partial charge in [-0.25, -0.2) is 4.68 Å². The van der Waals surface area contributed by atoms with Crippen LogP contribution in [0.1, 0.15) is 11.3 Å². The molecule has 1 aromatic carbocycles. The van der Waals surface area contributed by atoms with Crippen molar-refractivity contribution in [1.29, 1.82) is 0 Å². The van der Waals surface area contributed by atoms with Gasteiger partial charge in [0.1, 0.15) is 12.4 Å². The maximum atomic E-state index is 5.96. The van der Waals surface area contributed by atoms with E-state index in [2.05, 4.69) is 15.6 Å². The molecule has 0 unspecified atom stereocenters. The summed E-state index contributed by atoms with van der Waals surface area (Å²) >= 11 is 5.96. The first-order chi connectivity index (χ1) is 9.19. The van der Waals surface area contributed by atoms with Crippen molar-refractivity contribution in [2.75, 3.05) is 13.7 Å². The molecule has 2 aromatic rings. The molecule has 0 amide bonds.